The van der Waals surface area contributed by atoms with Crippen molar-refractivity contribution in [1.82, 2.24) is 10.6 Å². The molecule has 2 aromatic rings. The first-order valence-electron chi connectivity index (χ1n) is 11.9. The van der Waals surface area contributed by atoms with E-state index >= 15 is 0 Å². The molecule has 2 N–H and O–H groups in total. The number of rotatable bonds is 12. The highest BCUT2D eigenvalue weighted by atomic mass is 16.6. The fourth-order valence-corrected chi connectivity index (χ4v) is 3.64. The molecular weight excluding hydrogens is 416 g/mol. The van der Waals surface area contributed by atoms with Gasteiger partial charge in [0.2, 0.25) is 0 Å². The van der Waals surface area contributed by atoms with Crippen molar-refractivity contribution in [3.63, 3.8) is 0 Å². The van der Waals surface area contributed by atoms with Gasteiger partial charge in [0.05, 0.1) is 5.54 Å². The van der Waals surface area contributed by atoms with Gasteiger partial charge in [0.25, 0.3) is 5.91 Å². The Balaban J connectivity index is 2.06. The Morgan fingerprint density at radius 1 is 0.939 bits per heavy atom. The number of benzene rings is 2. The molecule has 0 aliphatic carbocycles. The molecule has 0 aromatic heterocycles. The van der Waals surface area contributed by atoms with Gasteiger partial charge in [-0.05, 0) is 69.0 Å². The van der Waals surface area contributed by atoms with E-state index in [1.165, 1.54) is 0 Å². The Bertz CT molecular complexity index is 910. The minimum atomic E-state index is -0.652. The number of unbranched alkanes of at least 4 members (excludes halogenated alkanes) is 2. The monoisotopic (exact) mass is 454 g/mol. The zero-order valence-corrected chi connectivity index (χ0v) is 20.6. The number of amides is 2. The largest absolute Gasteiger partial charge is 0.457 e. The van der Waals surface area contributed by atoms with E-state index in [0.29, 0.717) is 17.1 Å². The SMILES string of the molecule is CCCCCC(CCC)OC(=O)NC(C)(C)c1cccc(Oc2cccc(C(=O)NC)c2)c1. The van der Waals surface area contributed by atoms with E-state index in [1.807, 2.05) is 38.1 Å². The van der Waals surface area contributed by atoms with Gasteiger partial charge in [-0.3, -0.25) is 4.79 Å². The molecule has 1 atom stereocenters. The summed E-state index contributed by atoms with van der Waals surface area (Å²) in [5.74, 6) is 1.01. The van der Waals surface area contributed by atoms with Gasteiger partial charge in [-0.25, -0.2) is 4.79 Å². The van der Waals surface area contributed by atoms with E-state index in [0.717, 1.165) is 44.1 Å². The molecular formula is C27H38N2O4. The van der Waals surface area contributed by atoms with E-state index in [-0.39, 0.29) is 12.0 Å². The lowest BCUT2D eigenvalue weighted by atomic mass is 9.94. The van der Waals surface area contributed by atoms with Crippen LogP contribution >= 0.6 is 0 Å². The first-order chi connectivity index (χ1) is 15.8. The van der Waals surface area contributed by atoms with Crippen molar-refractivity contribution in [3.05, 3.63) is 59.7 Å². The highest BCUT2D eigenvalue weighted by Gasteiger charge is 2.25. The molecule has 0 fully saturated rings. The molecule has 1 unspecified atom stereocenters. The molecule has 0 radical (unpaired) electrons. The third kappa shape index (κ3) is 8.44. The van der Waals surface area contributed by atoms with Crippen molar-refractivity contribution >= 4 is 12.0 Å². The summed E-state index contributed by atoms with van der Waals surface area (Å²) in [4.78, 5) is 24.5. The molecule has 6 nitrogen and oxygen atoms in total. The fraction of sp³-hybridized carbons (Fsp3) is 0.481. The molecule has 0 saturated heterocycles. The molecule has 0 aliphatic heterocycles. The van der Waals surface area contributed by atoms with E-state index in [4.69, 9.17) is 9.47 Å². The van der Waals surface area contributed by atoms with Crippen molar-refractivity contribution < 1.29 is 19.1 Å². The summed E-state index contributed by atoms with van der Waals surface area (Å²) >= 11 is 0. The van der Waals surface area contributed by atoms with Crippen LogP contribution in [0.3, 0.4) is 0 Å². The minimum Gasteiger partial charge on any atom is -0.457 e. The van der Waals surface area contributed by atoms with Gasteiger partial charge < -0.3 is 20.1 Å². The van der Waals surface area contributed by atoms with Gasteiger partial charge in [-0.2, -0.15) is 0 Å². The Labute approximate surface area is 198 Å². The minimum absolute atomic E-state index is 0.0559. The van der Waals surface area contributed by atoms with Gasteiger partial charge in [0, 0.05) is 12.6 Å². The molecule has 2 aromatic carbocycles. The topological polar surface area (TPSA) is 76.7 Å². The maximum absolute atomic E-state index is 12.7. The maximum atomic E-state index is 12.7. The van der Waals surface area contributed by atoms with Crippen LogP contribution < -0.4 is 15.4 Å². The van der Waals surface area contributed by atoms with Crippen LogP contribution in [0.1, 0.15) is 82.1 Å². The van der Waals surface area contributed by atoms with Crippen LogP contribution in [0.4, 0.5) is 4.79 Å². The first-order valence-corrected chi connectivity index (χ1v) is 11.9. The Hall–Kier alpha value is -3.02. The third-order valence-electron chi connectivity index (χ3n) is 5.54. The average molecular weight is 455 g/mol. The number of hydrogen-bond acceptors (Lipinski definition) is 4. The van der Waals surface area contributed by atoms with E-state index in [1.54, 1.807) is 31.3 Å². The average Bonchev–Trinajstić information content (AvgIpc) is 2.79. The van der Waals surface area contributed by atoms with Crippen LogP contribution in [0.15, 0.2) is 48.5 Å². The molecule has 180 valence electrons. The van der Waals surface area contributed by atoms with E-state index in [9.17, 15) is 9.59 Å². The second-order valence-electron chi connectivity index (χ2n) is 8.80. The molecule has 0 heterocycles. The molecule has 0 saturated carbocycles. The molecule has 2 amide bonds. The predicted octanol–water partition coefficient (Wildman–Crippen LogP) is 6.55. The fourth-order valence-electron chi connectivity index (χ4n) is 3.64. The van der Waals surface area contributed by atoms with Crippen molar-refractivity contribution in [1.29, 1.82) is 0 Å². The van der Waals surface area contributed by atoms with Crippen LogP contribution in [-0.2, 0) is 10.3 Å². The van der Waals surface area contributed by atoms with Gasteiger partial charge >= 0.3 is 6.09 Å². The van der Waals surface area contributed by atoms with Crippen LogP contribution in [0, 0.1) is 0 Å². The summed E-state index contributed by atoms with van der Waals surface area (Å²) in [6, 6.07) is 14.6. The zero-order valence-electron chi connectivity index (χ0n) is 20.6. The first kappa shape index (κ1) is 26.2. The number of carbonyl (C=O) groups excluding carboxylic acids is 2. The second kappa shape index (κ2) is 12.9. The van der Waals surface area contributed by atoms with Gasteiger partial charge in [0.1, 0.15) is 17.6 Å². The molecule has 0 spiro atoms. The van der Waals surface area contributed by atoms with Crippen molar-refractivity contribution in [2.24, 2.45) is 0 Å². The quantitative estimate of drug-likeness (QED) is 0.357. The second-order valence-corrected chi connectivity index (χ2v) is 8.80. The summed E-state index contributed by atoms with van der Waals surface area (Å²) in [5, 5.41) is 5.61. The number of nitrogens with one attached hydrogen (secondary N) is 2. The van der Waals surface area contributed by atoms with Crippen molar-refractivity contribution in [2.45, 2.75) is 77.9 Å². The van der Waals surface area contributed by atoms with Crippen molar-refractivity contribution in [2.75, 3.05) is 7.05 Å². The van der Waals surface area contributed by atoms with Gasteiger partial charge in [0.15, 0.2) is 0 Å². The predicted molar refractivity (Wildman–Crippen MR) is 132 cm³/mol. The number of carbonyl (C=O) groups is 2. The zero-order chi connectivity index (χ0) is 24.3. The normalized spacial score (nSPS) is 12.0. The highest BCUT2D eigenvalue weighted by Crippen LogP contribution is 2.28. The van der Waals surface area contributed by atoms with E-state index in [2.05, 4.69) is 24.5 Å². The number of ether oxygens (including phenoxy) is 2. The molecule has 0 aliphatic rings. The van der Waals surface area contributed by atoms with Crippen LogP contribution in [0.5, 0.6) is 11.5 Å². The summed E-state index contributed by atoms with van der Waals surface area (Å²) in [5.41, 5.74) is 0.759. The van der Waals surface area contributed by atoms with Crippen LogP contribution in [-0.4, -0.2) is 25.2 Å². The maximum Gasteiger partial charge on any atom is 0.408 e. The van der Waals surface area contributed by atoms with Crippen molar-refractivity contribution in [3.8, 4) is 11.5 Å². The van der Waals surface area contributed by atoms with Crippen LogP contribution in [0.2, 0.25) is 0 Å². The Kier molecular flexibility index (Phi) is 10.2. The number of hydrogen-bond donors (Lipinski definition) is 2. The Morgan fingerprint density at radius 3 is 2.30 bits per heavy atom. The molecule has 33 heavy (non-hydrogen) atoms. The van der Waals surface area contributed by atoms with Crippen LogP contribution in [0.25, 0.3) is 0 Å². The Morgan fingerprint density at radius 2 is 1.64 bits per heavy atom. The summed E-state index contributed by atoms with van der Waals surface area (Å²) in [6.45, 7) is 8.15. The third-order valence-corrected chi connectivity index (χ3v) is 5.54. The molecule has 6 heteroatoms. The van der Waals surface area contributed by atoms with E-state index < -0.39 is 11.6 Å². The standard InChI is InChI=1S/C27H38N2O4/c1-6-8-9-15-22(12-7-2)33-26(31)29-27(3,4)21-14-11-17-24(19-21)32-23-16-10-13-20(18-23)25(30)28-5/h10-11,13-14,16-19,22H,6-9,12,15H2,1-5H3,(H,28,30)(H,29,31). The summed E-state index contributed by atoms with van der Waals surface area (Å²) in [6.07, 6.45) is 5.65. The number of alkyl carbamates (subject to hydrolysis) is 1. The highest BCUT2D eigenvalue weighted by molar-refractivity contribution is 5.94. The lowest BCUT2D eigenvalue weighted by Gasteiger charge is -2.28. The summed E-state index contributed by atoms with van der Waals surface area (Å²) in [7, 11) is 1.59. The molecule has 2 rings (SSSR count). The summed E-state index contributed by atoms with van der Waals surface area (Å²) < 4.78 is 11.7. The smallest absolute Gasteiger partial charge is 0.408 e. The molecule has 0 bridgehead atoms. The van der Waals surface area contributed by atoms with Gasteiger partial charge in [-0.15, -0.1) is 0 Å². The van der Waals surface area contributed by atoms with Gasteiger partial charge in [-0.1, -0.05) is 51.3 Å². The lowest BCUT2D eigenvalue weighted by molar-refractivity contribution is 0.0785. The lowest BCUT2D eigenvalue weighted by Crippen LogP contribution is -2.42.